The minimum Gasteiger partial charge on any atom is -0.370 e. The first-order valence-electron chi connectivity index (χ1n) is 8.61. The van der Waals surface area contributed by atoms with Crippen molar-refractivity contribution >= 4 is 17.3 Å². The summed E-state index contributed by atoms with van der Waals surface area (Å²) in [6.45, 7) is 2.03. The Bertz CT molecular complexity index is 964. The zero-order valence-corrected chi connectivity index (χ0v) is 14.6. The first-order chi connectivity index (χ1) is 12.7. The van der Waals surface area contributed by atoms with Gasteiger partial charge in [0.25, 0.3) is 0 Å². The van der Waals surface area contributed by atoms with Crippen molar-refractivity contribution in [2.75, 3.05) is 23.3 Å². The van der Waals surface area contributed by atoms with Crippen LogP contribution in [0.2, 0.25) is 0 Å². The topological polar surface area (TPSA) is 82.7 Å². The van der Waals surface area contributed by atoms with Crippen LogP contribution < -0.4 is 10.2 Å². The maximum atomic E-state index is 9.57. The molecule has 1 fully saturated rings. The molecular weight excluding hydrogens is 326 g/mol. The molecule has 0 unspecified atom stereocenters. The van der Waals surface area contributed by atoms with E-state index in [-0.39, 0.29) is 0 Å². The summed E-state index contributed by atoms with van der Waals surface area (Å²) in [7, 11) is 1.85. The van der Waals surface area contributed by atoms with E-state index in [9.17, 15) is 5.26 Å². The largest absolute Gasteiger partial charge is 0.370 e. The summed E-state index contributed by atoms with van der Waals surface area (Å²) in [5.41, 5.74) is 4.20. The fraction of sp³-hybridized carbons (Fsp3) is 0.263. The van der Waals surface area contributed by atoms with Gasteiger partial charge in [-0.3, -0.25) is 4.68 Å². The molecule has 4 rings (SSSR count). The predicted molar refractivity (Wildman–Crippen MR) is 100 cm³/mol. The second-order valence-electron chi connectivity index (χ2n) is 6.33. The SMILES string of the molecule is Cn1cc(Nc2nccc(-c3ccc(N4CCCC4)c(C#N)c3)n2)cn1. The van der Waals surface area contributed by atoms with Crippen LogP contribution in [-0.4, -0.2) is 32.8 Å². The fourth-order valence-electron chi connectivity index (χ4n) is 3.21. The molecule has 7 nitrogen and oxygen atoms in total. The second-order valence-corrected chi connectivity index (χ2v) is 6.33. The van der Waals surface area contributed by atoms with Crippen LogP contribution in [-0.2, 0) is 7.05 Å². The van der Waals surface area contributed by atoms with Crippen LogP contribution in [0.4, 0.5) is 17.3 Å². The third-order valence-corrected chi connectivity index (χ3v) is 4.48. The molecule has 1 aromatic carbocycles. The molecule has 0 aliphatic carbocycles. The molecule has 3 aromatic rings. The van der Waals surface area contributed by atoms with E-state index >= 15 is 0 Å². The first kappa shape index (κ1) is 16.1. The zero-order valence-electron chi connectivity index (χ0n) is 14.6. The molecule has 0 bridgehead atoms. The van der Waals surface area contributed by atoms with Crippen LogP contribution in [0.5, 0.6) is 0 Å². The van der Waals surface area contributed by atoms with Crippen molar-refractivity contribution in [2.24, 2.45) is 7.05 Å². The van der Waals surface area contributed by atoms with Crippen LogP contribution in [0.15, 0.2) is 42.9 Å². The van der Waals surface area contributed by atoms with Gasteiger partial charge in [0.05, 0.1) is 28.8 Å². The van der Waals surface area contributed by atoms with E-state index < -0.39 is 0 Å². The normalized spacial score (nSPS) is 13.6. The van der Waals surface area contributed by atoms with Crippen LogP contribution in [0.25, 0.3) is 11.3 Å². The lowest BCUT2D eigenvalue weighted by Crippen LogP contribution is -2.18. The maximum Gasteiger partial charge on any atom is 0.227 e. The number of anilines is 3. The lowest BCUT2D eigenvalue weighted by atomic mass is 10.1. The van der Waals surface area contributed by atoms with Crippen LogP contribution >= 0.6 is 0 Å². The van der Waals surface area contributed by atoms with Gasteiger partial charge in [-0.1, -0.05) is 6.07 Å². The van der Waals surface area contributed by atoms with Crippen molar-refractivity contribution in [1.29, 1.82) is 5.26 Å². The number of nitrogens with one attached hydrogen (secondary N) is 1. The Kier molecular flexibility index (Phi) is 4.23. The van der Waals surface area contributed by atoms with Gasteiger partial charge >= 0.3 is 0 Å². The number of aryl methyl sites for hydroxylation is 1. The van der Waals surface area contributed by atoms with E-state index in [1.54, 1.807) is 17.1 Å². The molecular formula is C19H19N7. The number of nitrogens with zero attached hydrogens (tertiary/aromatic N) is 6. The van der Waals surface area contributed by atoms with Crippen LogP contribution in [0.1, 0.15) is 18.4 Å². The third kappa shape index (κ3) is 3.22. The van der Waals surface area contributed by atoms with Gasteiger partial charge in [-0.25, -0.2) is 9.97 Å². The lowest BCUT2D eigenvalue weighted by molar-refractivity contribution is 0.768. The maximum absolute atomic E-state index is 9.57. The molecule has 1 saturated heterocycles. The lowest BCUT2D eigenvalue weighted by Gasteiger charge is -2.19. The summed E-state index contributed by atoms with van der Waals surface area (Å²) in [6.07, 6.45) is 7.65. The number of hydrogen-bond donors (Lipinski definition) is 1. The highest BCUT2D eigenvalue weighted by molar-refractivity contribution is 5.70. The van der Waals surface area contributed by atoms with E-state index in [4.69, 9.17) is 0 Å². The number of aromatic nitrogens is 4. The highest BCUT2D eigenvalue weighted by Crippen LogP contribution is 2.29. The standard InChI is InChI=1S/C19H19N7/c1-25-13-16(12-22-25)23-19-21-7-6-17(24-19)14-4-5-18(15(10-14)11-20)26-8-2-3-9-26/h4-7,10,12-13H,2-3,8-9H2,1H3,(H,21,23,24). The van der Waals surface area contributed by atoms with Crippen molar-refractivity contribution in [3.05, 3.63) is 48.4 Å². The molecule has 130 valence electrons. The Balaban J connectivity index is 1.63. The Morgan fingerprint density at radius 2 is 2.04 bits per heavy atom. The molecule has 0 amide bonds. The van der Waals surface area contributed by atoms with E-state index in [0.29, 0.717) is 11.5 Å². The monoisotopic (exact) mass is 345 g/mol. The third-order valence-electron chi connectivity index (χ3n) is 4.48. The number of benzene rings is 1. The second kappa shape index (κ2) is 6.84. The molecule has 1 aliphatic rings. The molecule has 0 atom stereocenters. The highest BCUT2D eigenvalue weighted by Gasteiger charge is 2.16. The summed E-state index contributed by atoms with van der Waals surface area (Å²) in [5.74, 6) is 0.498. The van der Waals surface area contributed by atoms with Gasteiger partial charge in [0, 0.05) is 38.1 Å². The van der Waals surface area contributed by atoms with Crippen molar-refractivity contribution in [3.63, 3.8) is 0 Å². The summed E-state index contributed by atoms with van der Waals surface area (Å²) < 4.78 is 1.71. The number of nitriles is 1. The van der Waals surface area contributed by atoms with Crippen molar-refractivity contribution < 1.29 is 0 Å². The summed E-state index contributed by atoms with van der Waals surface area (Å²) in [4.78, 5) is 11.1. The zero-order chi connectivity index (χ0) is 17.9. The van der Waals surface area contributed by atoms with E-state index in [1.807, 2.05) is 37.5 Å². The first-order valence-corrected chi connectivity index (χ1v) is 8.61. The molecule has 26 heavy (non-hydrogen) atoms. The van der Waals surface area contributed by atoms with Gasteiger partial charge in [-0.15, -0.1) is 0 Å². The molecule has 1 aliphatic heterocycles. The highest BCUT2D eigenvalue weighted by atomic mass is 15.3. The Morgan fingerprint density at radius 1 is 1.19 bits per heavy atom. The minimum atomic E-state index is 0.498. The smallest absolute Gasteiger partial charge is 0.227 e. The summed E-state index contributed by atoms with van der Waals surface area (Å²) >= 11 is 0. The van der Waals surface area contributed by atoms with Crippen molar-refractivity contribution in [2.45, 2.75) is 12.8 Å². The van der Waals surface area contributed by atoms with E-state index in [2.05, 4.69) is 31.4 Å². The van der Waals surface area contributed by atoms with Crippen molar-refractivity contribution in [1.82, 2.24) is 19.7 Å². The van der Waals surface area contributed by atoms with Gasteiger partial charge in [0.1, 0.15) is 6.07 Å². The van der Waals surface area contributed by atoms with Crippen LogP contribution in [0.3, 0.4) is 0 Å². The van der Waals surface area contributed by atoms with Crippen molar-refractivity contribution in [3.8, 4) is 17.3 Å². The molecule has 7 heteroatoms. The fourth-order valence-corrected chi connectivity index (χ4v) is 3.21. The van der Waals surface area contributed by atoms with E-state index in [0.717, 1.165) is 35.7 Å². The van der Waals surface area contributed by atoms with Crippen LogP contribution in [0, 0.1) is 11.3 Å². The molecule has 0 saturated carbocycles. The average Bonchev–Trinajstić information content (AvgIpc) is 3.33. The Morgan fingerprint density at radius 3 is 2.77 bits per heavy atom. The van der Waals surface area contributed by atoms with Gasteiger partial charge in [-0.05, 0) is 31.0 Å². The van der Waals surface area contributed by atoms with Gasteiger partial charge in [0.2, 0.25) is 5.95 Å². The predicted octanol–water partition coefficient (Wildman–Crippen LogP) is 3.09. The van der Waals surface area contributed by atoms with Gasteiger partial charge < -0.3 is 10.2 Å². The Labute approximate surface area is 151 Å². The number of rotatable bonds is 4. The minimum absolute atomic E-state index is 0.498. The molecule has 3 heterocycles. The van der Waals surface area contributed by atoms with E-state index in [1.165, 1.54) is 12.8 Å². The summed E-state index contributed by atoms with van der Waals surface area (Å²) in [5, 5.41) is 16.8. The Hall–Kier alpha value is -3.40. The molecule has 0 spiro atoms. The molecule has 2 aromatic heterocycles. The molecule has 1 N–H and O–H groups in total. The number of hydrogen-bond acceptors (Lipinski definition) is 6. The molecule has 0 radical (unpaired) electrons. The quantitative estimate of drug-likeness (QED) is 0.782. The van der Waals surface area contributed by atoms with Gasteiger partial charge in [-0.2, -0.15) is 10.4 Å². The van der Waals surface area contributed by atoms with Gasteiger partial charge in [0.15, 0.2) is 0 Å². The average molecular weight is 345 g/mol. The summed E-state index contributed by atoms with van der Waals surface area (Å²) in [6, 6.07) is 10.1.